The van der Waals surface area contributed by atoms with Crippen molar-refractivity contribution < 1.29 is 9.53 Å². The van der Waals surface area contributed by atoms with E-state index in [2.05, 4.69) is 13.8 Å². The molecule has 2 atom stereocenters. The third kappa shape index (κ3) is 4.33. The van der Waals surface area contributed by atoms with E-state index < -0.39 is 0 Å². The van der Waals surface area contributed by atoms with Crippen molar-refractivity contribution in [3.8, 4) is 0 Å². The normalized spacial score (nSPS) is 31.5. The van der Waals surface area contributed by atoms with Crippen molar-refractivity contribution in [2.24, 2.45) is 17.8 Å². The summed E-state index contributed by atoms with van der Waals surface area (Å²) in [7, 11) is 1.69. The molecule has 0 N–H and O–H groups in total. The minimum atomic E-state index is 0.334. The summed E-state index contributed by atoms with van der Waals surface area (Å²) in [6, 6.07) is 0. The highest BCUT2D eigenvalue weighted by molar-refractivity contribution is 5.81. The zero-order valence-electron chi connectivity index (χ0n) is 10.3. The number of Topliss-reactive ketones (excluding diaryl/α,β-unsaturated/α-hetero) is 1. The van der Waals surface area contributed by atoms with Crippen LogP contribution in [-0.2, 0) is 9.53 Å². The van der Waals surface area contributed by atoms with Crippen molar-refractivity contribution in [3.63, 3.8) is 0 Å². The first kappa shape index (κ1) is 12.7. The number of ether oxygens (including phenoxy) is 1. The molecule has 0 aromatic rings. The van der Waals surface area contributed by atoms with Crippen LogP contribution in [0.4, 0.5) is 0 Å². The summed E-state index contributed by atoms with van der Waals surface area (Å²) < 4.78 is 4.97. The molecule has 2 unspecified atom stereocenters. The zero-order valence-corrected chi connectivity index (χ0v) is 10.3. The van der Waals surface area contributed by atoms with Gasteiger partial charge in [0.15, 0.2) is 0 Å². The van der Waals surface area contributed by atoms with E-state index in [0.29, 0.717) is 24.7 Å². The molecule has 1 aliphatic carbocycles. The molecular weight excluding hydrogens is 188 g/mol. The molecule has 2 heteroatoms. The number of ketones is 1. The Balaban J connectivity index is 2.31. The van der Waals surface area contributed by atoms with Crippen molar-refractivity contribution in [1.29, 1.82) is 0 Å². The number of hydrogen-bond donors (Lipinski definition) is 0. The quantitative estimate of drug-likeness (QED) is 0.655. The summed E-state index contributed by atoms with van der Waals surface area (Å²) in [5, 5.41) is 0. The molecule has 0 aliphatic heterocycles. The maximum absolute atomic E-state index is 11.9. The molecule has 88 valence electrons. The van der Waals surface area contributed by atoms with E-state index in [1.165, 1.54) is 6.42 Å². The van der Waals surface area contributed by atoms with E-state index in [0.717, 1.165) is 31.1 Å². The van der Waals surface area contributed by atoms with Gasteiger partial charge in [0.05, 0.1) is 0 Å². The topological polar surface area (TPSA) is 26.3 Å². The fourth-order valence-corrected chi connectivity index (χ4v) is 2.80. The summed E-state index contributed by atoms with van der Waals surface area (Å²) in [5.74, 6) is 2.25. The Bertz CT molecular complexity index is 191. The van der Waals surface area contributed by atoms with Crippen molar-refractivity contribution >= 4 is 5.78 Å². The Morgan fingerprint density at radius 2 is 1.80 bits per heavy atom. The van der Waals surface area contributed by atoms with Gasteiger partial charge < -0.3 is 4.74 Å². The maximum Gasteiger partial charge on any atom is 0.136 e. The van der Waals surface area contributed by atoms with Gasteiger partial charge in [-0.1, -0.05) is 13.8 Å². The summed E-state index contributed by atoms with van der Waals surface area (Å²) in [4.78, 5) is 11.9. The van der Waals surface area contributed by atoms with Crippen LogP contribution < -0.4 is 0 Å². The summed E-state index contributed by atoms with van der Waals surface area (Å²) in [6.07, 6.45) is 5.10. The van der Waals surface area contributed by atoms with E-state index in [4.69, 9.17) is 4.74 Å². The van der Waals surface area contributed by atoms with Gasteiger partial charge in [0.2, 0.25) is 0 Å². The number of hydrogen-bond acceptors (Lipinski definition) is 2. The van der Waals surface area contributed by atoms with Crippen LogP contribution in [-0.4, -0.2) is 19.5 Å². The second-order valence-electron chi connectivity index (χ2n) is 5.18. The molecule has 0 radical (unpaired) electrons. The lowest BCUT2D eigenvalue weighted by atomic mass is 9.74. The minimum Gasteiger partial charge on any atom is -0.385 e. The standard InChI is InChI=1S/C13H24O2/c1-10-7-11(2)9-12(8-10)13(14)5-4-6-15-3/h10-12H,4-9H2,1-3H3. The van der Waals surface area contributed by atoms with Crippen molar-refractivity contribution in [1.82, 2.24) is 0 Å². The van der Waals surface area contributed by atoms with Crippen LogP contribution in [0.1, 0.15) is 46.0 Å². The smallest absolute Gasteiger partial charge is 0.136 e. The lowest BCUT2D eigenvalue weighted by Crippen LogP contribution is -2.26. The third-order valence-corrected chi connectivity index (χ3v) is 3.41. The second kappa shape index (κ2) is 6.26. The molecular formula is C13H24O2. The van der Waals surface area contributed by atoms with Gasteiger partial charge in [-0.05, 0) is 37.5 Å². The van der Waals surface area contributed by atoms with Gasteiger partial charge in [-0.25, -0.2) is 0 Å². The van der Waals surface area contributed by atoms with Crippen molar-refractivity contribution in [3.05, 3.63) is 0 Å². The Morgan fingerprint density at radius 3 is 2.33 bits per heavy atom. The first-order valence-corrected chi connectivity index (χ1v) is 6.15. The summed E-state index contributed by atoms with van der Waals surface area (Å²) in [6.45, 7) is 5.25. The van der Waals surface area contributed by atoms with Crippen LogP contribution >= 0.6 is 0 Å². The Kier molecular flexibility index (Phi) is 5.30. The molecule has 0 aromatic carbocycles. The van der Waals surface area contributed by atoms with Gasteiger partial charge in [-0.3, -0.25) is 4.79 Å². The predicted molar refractivity (Wildman–Crippen MR) is 61.8 cm³/mol. The van der Waals surface area contributed by atoms with E-state index >= 15 is 0 Å². The first-order valence-electron chi connectivity index (χ1n) is 6.15. The van der Waals surface area contributed by atoms with Gasteiger partial charge in [0.25, 0.3) is 0 Å². The molecule has 1 saturated carbocycles. The highest BCUT2D eigenvalue weighted by Gasteiger charge is 2.28. The van der Waals surface area contributed by atoms with Gasteiger partial charge >= 0.3 is 0 Å². The van der Waals surface area contributed by atoms with Crippen LogP contribution in [0, 0.1) is 17.8 Å². The largest absolute Gasteiger partial charge is 0.385 e. The lowest BCUT2D eigenvalue weighted by molar-refractivity contribution is -0.125. The number of rotatable bonds is 5. The molecule has 1 fully saturated rings. The summed E-state index contributed by atoms with van der Waals surface area (Å²) >= 11 is 0. The van der Waals surface area contributed by atoms with E-state index in [9.17, 15) is 4.79 Å². The fraction of sp³-hybridized carbons (Fsp3) is 0.923. The van der Waals surface area contributed by atoms with Gasteiger partial charge in [-0.15, -0.1) is 0 Å². The first-order chi connectivity index (χ1) is 7.13. The Hall–Kier alpha value is -0.370. The average Bonchev–Trinajstić information content (AvgIpc) is 2.16. The highest BCUT2D eigenvalue weighted by atomic mass is 16.5. The molecule has 0 heterocycles. The minimum absolute atomic E-state index is 0.334. The van der Waals surface area contributed by atoms with Crippen LogP contribution in [0.5, 0.6) is 0 Å². The number of carbonyl (C=O) groups excluding carboxylic acids is 1. The van der Waals surface area contributed by atoms with Gasteiger partial charge in [0.1, 0.15) is 5.78 Å². The molecule has 1 aliphatic rings. The molecule has 0 aromatic heterocycles. The fourth-order valence-electron chi connectivity index (χ4n) is 2.80. The SMILES string of the molecule is COCCCC(=O)C1CC(C)CC(C)C1. The average molecular weight is 212 g/mol. The molecule has 1 rings (SSSR count). The van der Waals surface area contributed by atoms with Crippen molar-refractivity contribution in [2.75, 3.05) is 13.7 Å². The molecule has 0 saturated heterocycles. The van der Waals surface area contributed by atoms with E-state index in [1.807, 2.05) is 0 Å². The predicted octanol–water partition coefficient (Wildman–Crippen LogP) is 3.05. The second-order valence-corrected chi connectivity index (χ2v) is 5.18. The number of methoxy groups -OCH3 is 1. The van der Waals surface area contributed by atoms with Gasteiger partial charge in [-0.2, -0.15) is 0 Å². The Labute approximate surface area is 93.4 Å². The van der Waals surface area contributed by atoms with Crippen LogP contribution in [0.2, 0.25) is 0 Å². The molecule has 0 spiro atoms. The van der Waals surface area contributed by atoms with E-state index in [1.54, 1.807) is 7.11 Å². The maximum atomic E-state index is 11.9. The Morgan fingerprint density at radius 1 is 1.20 bits per heavy atom. The lowest BCUT2D eigenvalue weighted by Gasteiger charge is -2.30. The third-order valence-electron chi connectivity index (χ3n) is 3.41. The van der Waals surface area contributed by atoms with Crippen molar-refractivity contribution in [2.45, 2.75) is 46.0 Å². The summed E-state index contributed by atoms with van der Waals surface area (Å²) in [5.41, 5.74) is 0. The van der Waals surface area contributed by atoms with Crippen LogP contribution in [0.15, 0.2) is 0 Å². The number of carbonyl (C=O) groups is 1. The molecule has 0 bridgehead atoms. The molecule has 2 nitrogen and oxygen atoms in total. The molecule has 0 amide bonds. The van der Waals surface area contributed by atoms with Crippen LogP contribution in [0.3, 0.4) is 0 Å². The van der Waals surface area contributed by atoms with E-state index in [-0.39, 0.29) is 0 Å². The molecule has 15 heavy (non-hydrogen) atoms. The highest BCUT2D eigenvalue weighted by Crippen LogP contribution is 2.33. The van der Waals surface area contributed by atoms with Gasteiger partial charge in [0, 0.05) is 26.1 Å². The monoisotopic (exact) mass is 212 g/mol. The van der Waals surface area contributed by atoms with Crippen LogP contribution in [0.25, 0.3) is 0 Å². The zero-order chi connectivity index (χ0) is 11.3.